The molecule has 0 bridgehead atoms. The van der Waals surface area contributed by atoms with E-state index in [0.29, 0.717) is 19.7 Å². The van der Waals surface area contributed by atoms with Gasteiger partial charge in [-0.05, 0) is 44.4 Å². The number of nitrogens with zero attached hydrogens (tertiary/aromatic N) is 2. The summed E-state index contributed by atoms with van der Waals surface area (Å²) in [6.45, 7) is 7.24. The van der Waals surface area contributed by atoms with E-state index >= 15 is 0 Å². The van der Waals surface area contributed by atoms with Gasteiger partial charge >= 0.3 is 5.97 Å². The Morgan fingerprint density at radius 1 is 1.40 bits per heavy atom. The summed E-state index contributed by atoms with van der Waals surface area (Å²) in [6.07, 6.45) is 1.84. The molecular weight excluding hydrogens is 318 g/mol. The quantitative estimate of drug-likeness (QED) is 0.486. The third kappa shape index (κ3) is 5.66. The van der Waals surface area contributed by atoms with Gasteiger partial charge in [0.25, 0.3) is 0 Å². The van der Waals surface area contributed by atoms with Crippen LogP contribution < -0.4 is 10.1 Å². The second-order valence-electron chi connectivity index (χ2n) is 6.06. The molecule has 0 aromatic heterocycles. The summed E-state index contributed by atoms with van der Waals surface area (Å²) in [7, 11) is 1.66. The highest BCUT2D eigenvalue weighted by atomic mass is 16.5. The maximum absolute atomic E-state index is 12.1. The highest BCUT2D eigenvalue weighted by molar-refractivity contribution is 5.81. The third-order valence-electron chi connectivity index (χ3n) is 4.22. The van der Waals surface area contributed by atoms with Crippen molar-refractivity contribution in [1.82, 2.24) is 10.2 Å². The van der Waals surface area contributed by atoms with Crippen LogP contribution in [-0.2, 0) is 16.1 Å². The van der Waals surface area contributed by atoms with E-state index in [4.69, 9.17) is 14.5 Å². The predicted octanol–water partition coefficient (Wildman–Crippen LogP) is 2.44. The van der Waals surface area contributed by atoms with Gasteiger partial charge in [-0.15, -0.1) is 0 Å². The fourth-order valence-electron chi connectivity index (χ4n) is 2.98. The summed E-state index contributed by atoms with van der Waals surface area (Å²) < 4.78 is 10.4. The highest BCUT2D eigenvalue weighted by Gasteiger charge is 2.28. The Bertz CT molecular complexity index is 589. The summed E-state index contributed by atoms with van der Waals surface area (Å²) in [5.41, 5.74) is 1.09. The van der Waals surface area contributed by atoms with Crippen molar-refractivity contribution in [2.45, 2.75) is 33.2 Å². The minimum Gasteiger partial charge on any atom is -0.497 e. The molecule has 1 fully saturated rings. The molecule has 0 spiro atoms. The lowest BCUT2D eigenvalue weighted by Crippen LogP contribution is -2.48. The van der Waals surface area contributed by atoms with E-state index in [9.17, 15) is 4.79 Å². The van der Waals surface area contributed by atoms with Crippen LogP contribution in [-0.4, -0.2) is 50.2 Å². The Morgan fingerprint density at radius 2 is 2.24 bits per heavy atom. The first-order chi connectivity index (χ1) is 12.2. The number of likely N-dealkylation sites (tertiary alicyclic amines) is 1. The van der Waals surface area contributed by atoms with Gasteiger partial charge in [-0.25, -0.2) is 4.99 Å². The number of carbonyl (C=O) groups excluding carboxylic acids is 1. The molecule has 138 valence electrons. The van der Waals surface area contributed by atoms with Crippen LogP contribution in [0.1, 0.15) is 32.3 Å². The zero-order valence-electron chi connectivity index (χ0n) is 15.5. The zero-order valence-corrected chi connectivity index (χ0v) is 15.5. The SMILES string of the molecule is CCNC(=NCc1cccc(OC)c1)N1CCCC(C(=O)OCC)C1. The Kier molecular flexibility index (Phi) is 7.57. The van der Waals surface area contributed by atoms with E-state index < -0.39 is 0 Å². The zero-order chi connectivity index (χ0) is 18.1. The van der Waals surface area contributed by atoms with Gasteiger partial charge in [-0.2, -0.15) is 0 Å². The summed E-state index contributed by atoms with van der Waals surface area (Å²) in [4.78, 5) is 19.0. The van der Waals surface area contributed by atoms with E-state index in [-0.39, 0.29) is 11.9 Å². The van der Waals surface area contributed by atoms with Gasteiger partial charge in [0.15, 0.2) is 5.96 Å². The van der Waals surface area contributed by atoms with Gasteiger partial charge in [-0.1, -0.05) is 12.1 Å². The Morgan fingerprint density at radius 3 is 2.96 bits per heavy atom. The fourth-order valence-corrected chi connectivity index (χ4v) is 2.98. The summed E-state index contributed by atoms with van der Waals surface area (Å²) in [6, 6.07) is 7.92. The topological polar surface area (TPSA) is 63.2 Å². The maximum atomic E-state index is 12.1. The molecule has 1 atom stereocenters. The molecule has 1 saturated heterocycles. The number of benzene rings is 1. The van der Waals surface area contributed by atoms with Gasteiger partial charge in [0.2, 0.25) is 0 Å². The minimum absolute atomic E-state index is 0.0747. The molecule has 6 heteroatoms. The molecule has 1 aliphatic heterocycles. The van der Waals surface area contributed by atoms with Gasteiger partial charge in [0.1, 0.15) is 5.75 Å². The van der Waals surface area contributed by atoms with Crippen molar-refractivity contribution in [2.24, 2.45) is 10.9 Å². The Balaban J connectivity index is 2.06. The lowest BCUT2D eigenvalue weighted by molar-refractivity contribution is -0.149. The molecule has 0 aliphatic carbocycles. The average Bonchev–Trinajstić information content (AvgIpc) is 2.65. The van der Waals surface area contributed by atoms with Crippen molar-refractivity contribution in [3.63, 3.8) is 0 Å². The first-order valence-corrected chi connectivity index (χ1v) is 9.00. The number of nitrogens with one attached hydrogen (secondary N) is 1. The number of ether oxygens (including phenoxy) is 2. The molecule has 0 amide bonds. The number of guanidine groups is 1. The van der Waals surface area contributed by atoms with Crippen molar-refractivity contribution in [3.8, 4) is 5.75 Å². The van der Waals surface area contributed by atoms with Crippen LogP contribution >= 0.6 is 0 Å². The van der Waals surface area contributed by atoms with Crippen molar-refractivity contribution >= 4 is 11.9 Å². The van der Waals surface area contributed by atoms with Crippen LogP contribution in [0.4, 0.5) is 0 Å². The number of carbonyl (C=O) groups is 1. The number of rotatable bonds is 6. The van der Waals surface area contributed by atoms with Gasteiger partial charge < -0.3 is 19.7 Å². The smallest absolute Gasteiger partial charge is 0.310 e. The normalized spacial score (nSPS) is 18.0. The van der Waals surface area contributed by atoms with Crippen LogP contribution in [0.2, 0.25) is 0 Å². The maximum Gasteiger partial charge on any atom is 0.310 e. The molecule has 1 N–H and O–H groups in total. The van der Waals surface area contributed by atoms with E-state index in [1.54, 1.807) is 7.11 Å². The van der Waals surface area contributed by atoms with E-state index in [1.807, 2.05) is 38.1 Å². The molecule has 0 saturated carbocycles. The summed E-state index contributed by atoms with van der Waals surface area (Å²) >= 11 is 0. The average molecular weight is 347 g/mol. The molecule has 1 aromatic carbocycles. The molecule has 2 rings (SSSR count). The van der Waals surface area contributed by atoms with Gasteiger partial charge in [-0.3, -0.25) is 4.79 Å². The Labute approximate surface area is 150 Å². The number of hydrogen-bond acceptors (Lipinski definition) is 4. The highest BCUT2D eigenvalue weighted by Crippen LogP contribution is 2.19. The molecule has 6 nitrogen and oxygen atoms in total. The number of aliphatic imine (C=N–C) groups is 1. The molecule has 1 aromatic rings. The van der Waals surface area contributed by atoms with Crippen molar-refractivity contribution in [3.05, 3.63) is 29.8 Å². The van der Waals surface area contributed by atoms with Crippen LogP contribution in [0.15, 0.2) is 29.3 Å². The molecule has 0 radical (unpaired) electrons. The van der Waals surface area contributed by atoms with Gasteiger partial charge in [0, 0.05) is 19.6 Å². The van der Waals surface area contributed by atoms with Crippen LogP contribution in [0.3, 0.4) is 0 Å². The predicted molar refractivity (Wildman–Crippen MR) is 98.7 cm³/mol. The first kappa shape index (κ1) is 19.1. The van der Waals surface area contributed by atoms with E-state index in [0.717, 1.165) is 43.2 Å². The summed E-state index contributed by atoms with van der Waals surface area (Å²) in [5, 5.41) is 3.34. The van der Waals surface area contributed by atoms with Crippen LogP contribution in [0.5, 0.6) is 5.75 Å². The van der Waals surface area contributed by atoms with Crippen molar-refractivity contribution in [2.75, 3.05) is 33.4 Å². The minimum atomic E-state index is -0.101. The largest absolute Gasteiger partial charge is 0.497 e. The Hall–Kier alpha value is -2.24. The first-order valence-electron chi connectivity index (χ1n) is 9.00. The third-order valence-corrected chi connectivity index (χ3v) is 4.22. The number of esters is 1. The van der Waals surface area contributed by atoms with Crippen LogP contribution in [0, 0.1) is 5.92 Å². The molecular formula is C19H29N3O3. The van der Waals surface area contributed by atoms with E-state index in [2.05, 4.69) is 10.2 Å². The second-order valence-corrected chi connectivity index (χ2v) is 6.06. The molecule has 1 heterocycles. The molecule has 25 heavy (non-hydrogen) atoms. The van der Waals surface area contributed by atoms with Crippen molar-refractivity contribution < 1.29 is 14.3 Å². The second kappa shape index (κ2) is 9.91. The summed E-state index contributed by atoms with van der Waals surface area (Å²) in [5.74, 6) is 1.50. The number of piperidine rings is 1. The lowest BCUT2D eigenvalue weighted by atomic mass is 9.98. The molecule has 1 aliphatic rings. The lowest BCUT2D eigenvalue weighted by Gasteiger charge is -2.34. The molecule has 1 unspecified atom stereocenters. The van der Waals surface area contributed by atoms with Crippen LogP contribution in [0.25, 0.3) is 0 Å². The monoisotopic (exact) mass is 347 g/mol. The fraction of sp³-hybridized carbons (Fsp3) is 0.579. The number of methoxy groups -OCH3 is 1. The van der Waals surface area contributed by atoms with Crippen molar-refractivity contribution in [1.29, 1.82) is 0 Å². The van der Waals surface area contributed by atoms with E-state index in [1.165, 1.54) is 0 Å². The standard InChI is InChI=1S/C19H29N3O3/c1-4-20-19(21-13-15-8-6-10-17(12-15)24-3)22-11-7-9-16(14-22)18(23)25-5-2/h6,8,10,12,16H,4-5,7,9,11,13-14H2,1-3H3,(H,20,21). The number of hydrogen-bond donors (Lipinski definition) is 1. The van der Waals surface area contributed by atoms with Gasteiger partial charge in [0.05, 0.1) is 26.2 Å².